The Morgan fingerprint density at radius 1 is 1.47 bits per heavy atom. The number of carbonyl (C=O) groups excluding carboxylic acids is 1. The van der Waals surface area contributed by atoms with Crippen molar-refractivity contribution in [2.75, 3.05) is 20.8 Å². The maximum absolute atomic E-state index is 11.8. The van der Waals surface area contributed by atoms with Gasteiger partial charge in [-0.05, 0) is 17.7 Å². The summed E-state index contributed by atoms with van der Waals surface area (Å²) < 4.78 is 4.85. The molecule has 1 aromatic rings. The molecule has 0 radical (unpaired) electrons. The molecule has 0 saturated heterocycles. The van der Waals surface area contributed by atoms with Gasteiger partial charge < -0.3 is 15.4 Å². The zero-order valence-electron chi connectivity index (χ0n) is 10.0. The average molecular weight is 257 g/mol. The van der Waals surface area contributed by atoms with E-state index in [4.69, 9.17) is 22.1 Å². The summed E-state index contributed by atoms with van der Waals surface area (Å²) in [6.45, 7) is 0.733. The lowest BCUT2D eigenvalue weighted by Gasteiger charge is -2.21. The van der Waals surface area contributed by atoms with Gasteiger partial charge in [0.2, 0.25) is 5.91 Å². The van der Waals surface area contributed by atoms with Crippen molar-refractivity contribution in [1.29, 1.82) is 0 Å². The van der Waals surface area contributed by atoms with Crippen molar-refractivity contribution in [2.45, 2.75) is 12.6 Å². The van der Waals surface area contributed by atoms with Crippen molar-refractivity contribution in [3.8, 4) is 0 Å². The van der Waals surface area contributed by atoms with Crippen LogP contribution in [0.15, 0.2) is 24.3 Å². The number of amides is 1. The normalized spacial score (nSPS) is 12.2. The number of nitrogens with zero attached hydrogens (tertiary/aromatic N) is 1. The first-order valence-corrected chi connectivity index (χ1v) is 5.66. The summed E-state index contributed by atoms with van der Waals surface area (Å²) in [5.41, 5.74) is 6.68. The number of rotatable bonds is 5. The first-order chi connectivity index (χ1) is 8.04. The molecule has 0 bridgehead atoms. The molecule has 1 atom stereocenters. The fourth-order valence-corrected chi connectivity index (χ4v) is 1.60. The molecule has 94 valence electrons. The lowest BCUT2D eigenvalue weighted by molar-refractivity contribution is -0.132. The number of benzene rings is 1. The molecule has 1 unspecified atom stereocenters. The number of nitrogens with two attached hydrogens (primary N) is 1. The molecule has 1 rings (SSSR count). The SMILES string of the molecule is COCC(N)C(=O)N(C)Cc1ccc(Cl)cc1. The maximum atomic E-state index is 11.8. The maximum Gasteiger partial charge on any atom is 0.241 e. The van der Waals surface area contributed by atoms with Gasteiger partial charge in [0, 0.05) is 25.7 Å². The van der Waals surface area contributed by atoms with Gasteiger partial charge in [0.15, 0.2) is 0 Å². The van der Waals surface area contributed by atoms with Crippen LogP contribution in [0.25, 0.3) is 0 Å². The molecule has 1 aromatic carbocycles. The van der Waals surface area contributed by atoms with Gasteiger partial charge in [0.05, 0.1) is 6.61 Å². The van der Waals surface area contributed by atoms with Gasteiger partial charge in [-0.3, -0.25) is 4.79 Å². The van der Waals surface area contributed by atoms with E-state index >= 15 is 0 Å². The molecule has 5 heteroatoms. The van der Waals surface area contributed by atoms with Crippen LogP contribution in [-0.4, -0.2) is 37.6 Å². The van der Waals surface area contributed by atoms with Crippen molar-refractivity contribution < 1.29 is 9.53 Å². The Morgan fingerprint density at radius 2 is 2.06 bits per heavy atom. The summed E-state index contributed by atoms with van der Waals surface area (Å²) in [5, 5.41) is 0.679. The van der Waals surface area contributed by atoms with Crippen LogP contribution in [0, 0.1) is 0 Å². The van der Waals surface area contributed by atoms with Crippen LogP contribution in [0.1, 0.15) is 5.56 Å². The highest BCUT2D eigenvalue weighted by Gasteiger charge is 2.17. The van der Waals surface area contributed by atoms with E-state index in [1.807, 2.05) is 12.1 Å². The average Bonchev–Trinajstić information content (AvgIpc) is 2.31. The van der Waals surface area contributed by atoms with Crippen LogP contribution in [0.2, 0.25) is 5.02 Å². The summed E-state index contributed by atoms with van der Waals surface area (Å²) >= 11 is 5.79. The lowest BCUT2D eigenvalue weighted by atomic mass is 10.2. The number of halogens is 1. The molecule has 17 heavy (non-hydrogen) atoms. The Kier molecular flexibility index (Phi) is 5.41. The van der Waals surface area contributed by atoms with Crippen LogP contribution >= 0.6 is 11.6 Å². The first-order valence-electron chi connectivity index (χ1n) is 5.28. The minimum Gasteiger partial charge on any atom is -0.383 e. The molecule has 0 spiro atoms. The van der Waals surface area contributed by atoms with E-state index in [0.717, 1.165) is 5.56 Å². The fraction of sp³-hybridized carbons (Fsp3) is 0.417. The second-order valence-electron chi connectivity index (χ2n) is 3.88. The third kappa shape index (κ3) is 4.34. The monoisotopic (exact) mass is 256 g/mol. The van der Waals surface area contributed by atoms with E-state index in [2.05, 4.69) is 0 Å². The highest BCUT2D eigenvalue weighted by molar-refractivity contribution is 6.30. The molecular formula is C12H17ClN2O2. The molecule has 0 saturated carbocycles. The third-order valence-electron chi connectivity index (χ3n) is 2.37. The Hall–Kier alpha value is -1.10. The minimum absolute atomic E-state index is 0.137. The van der Waals surface area contributed by atoms with E-state index in [1.165, 1.54) is 7.11 Å². The molecule has 2 N–H and O–H groups in total. The molecular weight excluding hydrogens is 240 g/mol. The van der Waals surface area contributed by atoms with Gasteiger partial charge >= 0.3 is 0 Å². The fourth-order valence-electron chi connectivity index (χ4n) is 1.48. The van der Waals surface area contributed by atoms with Crippen LogP contribution in [0.5, 0.6) is 0 Å². The third-order valence-corrected chi connectivity index (χ3v) is 2.62. The Balaban J connectivity index is 2.56. The van der Waals surface area contributed by atoms with Crippen molar-refractivity contribution in [1.82, 2.24) is 4.90 Å². The van der Waals surface area contributed by atoms with E-state index in [1.54, 1.807) is 24.1 Å². The first kappa shape index (κ1) is 14.0. The highest BCUT2D eigenvalue weighted by Crippen LogP contribution is 2.11. The predicted octanol–water partition coefficient (Wildman–Crippen LogP) is 1.27. The van der Waals surface area contributed by atoms with Crippen LogP contribution in [0.4, 0.5) is 0 Å². The molecule has 1 amide bonds. The lowest BCUT2D eigenvalue weighted by Crippen LogP contribution is -2.44. The van der Waals surface area contributed by atoms with Gasteiger partial charge in [-0.15, -0.1) is 0 Å². The molecule has 0 fully saturated rings. The van der Waals surface area contributed by atoms with Gasteiger partial charge in [-0.1, -0.05) is 23.7 Å². The van der Waals surface area contributed by atoms with Crippen LogP contribution < -0.4 is 5.73 Å². The number of carbonyl (C=O) groups is 1. The summed E-state index contributed by atoms with van der Waals surface area (Å²) in [5.74, 6) is -0.137. The van der Waals surface area contributed by atoms with Gasteiger partial charge in [0.1, 0.15) is 6.04 Å². The van der Waals surface area contributed by atoms with E-state index in [-0.39, 0.29) is 12.5 Å². The number of ether oxygens (including phenoxy) is 1. The zero-order valence-corrected chi connectivity index (χ0v) is 10.8. The Labute approximate surface area is 106 Å². The summed E-state index contributed by atoms with van der Waals surface area (Å²) in [7, 11) is 3.23. The number of hydrogen-bond acceptors (Lipinski definition) is 3. The van der Waals surface area contributed by atoms with Crippen LogP contribution in [-0.2, 0) is 16.1 Å². The number of likely N-dealkylation sites (N-methyl/N-ethyl adjacent to an activating group) is 1. The quantitative estimate of drug-likeness (QED) is 0.863. The largest absolute Gasteiger partial charge is 0.383 e. The molecule has 0 aliphatic rings. The van der Waals surface area contributed by atoms with E-state index in [0.29, 0.717) is 11.6 Å². The topological polar surface area (TPSA) is 55.6 Å². The summed E-state index contributed by atoms with van der Waals surface area (Å²) in [6, 6.07) is 6.74. The number of methoxy groups -OCH3 is 1. The van der Waals surface area contributed by atoms with E-state index in [9.17, 15) is 4.79 Å². The van der Waals surface area contributed by atoms with Crippen molar-refractivity contribution in [3.05, 3.63) is 34.9 Å². The Morgan fingerprint density at radius 3 is 2.59 bits per heavy atom. The zero-order chi connectivity index (χ0) is 12.8. The molecule has 0 heterocycles. The minimum atomic E-state index is -0.614. The van der Waals surface area contributed by atoms with Crippen molar-refractivity contribution in [2.24, 2.45) is 5.73 Å². The van der Waals surface area contributed by atoms with Gasteiger partial charge in [-0.25, -0.2) is 0 Å². The highest BCUT2D eigenvalue weighted by atomic mass is 35.5. The predicted molar refractivity (Wildman–Crippen MR) is 67.8 cm³/mol. The second-order valence-corrected chi connectivity index (χ2v) is 4.32. The van der Waals surface area contributed by atoms with Gasteiger partial charge in [-0.2, -0.15) is 0 Å². The summed E-state index contributed by atoms with van der Waals surface area (Å²) in [6.07, 6.45) is 0. The second kappa shape index (κ2) is 6.59. The standard InChI is InChI=1S/C12H17ClN2O2/c1-15(12(16)11(14)8-17-2)7-9-3-5-10(13)6-4-9/h3-6,11H,7-8,14H2,1-2H3. The molecule has 4 nitrogen and oxygen atoms in total. The Bertz CT molecular complexity index is 367. The van der Waals surface area contributed by atoms with Gasteiger partial charge in [0.25, 0.3) is 0 Å². The van der Waals surface area contributed by atoms with E-state index < -0.39 is 6.04 Å². The molecule has 0 aromatic heterocycles. The molecule has 0 aliphatic carbocycles. The summed E-state index contributed by atoms with van der Waals surface area (Å²) in [4.78, 5) is 13.4. The number of hydrogen-bond donors (Lipinski definition) is 1. The molecule has 0 aliphatic heterocycles. The van der Waals surface area contributed by atoms with Crippen LogP contribution in [0.3, 0.4) is 0 Å². The van der Waals surface area contributed by atoms with Crippen molar-refractivity contribution >= 4 is 17.5 Å². The smallest absolute Gasteiger partial charge is 0.241 e. The van der Waals surface area contributed by atoms with Crippen molar-refractivity contribution in [3.63, 3.8) is 0 Å².